The lowest BCUT2D eigenvalue weighted by molar-refractivity contribution is 0.0493. The van der Waals surface area contributed by atoms with E-state index in [0.717, 1.165) is 43.7 Å². The zero-order valence-corrected chi connectivity index (χ0v) is 16.8. The Hall–Kier alpha value is -2.67. The number of benzene rings is 1. The second kappa shape index (κ2) is 7.75. The lowest BCUT2D eigenvalue weighted by Crippen LogP contribution is -2.51. The summed E-state index contributed by atoms with van der Waals surface area (Å²) in [4.78, 5) is 14.9. The van der Waals surface area contributed by atoms with Gasteiger partial charge in [-0.3, -0.25) is 9.48 Å². The maximum absolute atomic E-state index is 13.0. The van der Waals surface area contributed by atoms with Gasteiger partial charge in [-0.25, -0.2) is 4.68 Å². The molecule has 1 saturated heterocycles. The average molecular weight is 399 g/mol. The summed E-state index contributed by atoms with van der Waals surface area (Å²) in [7, 11) is 1.92. The van der Waals surface area contributed by atoms with Gasteiger partial charge in [-0.05, 0) is 42.5 Å². The minimum Gasteiger partial charge on any atom is -0.336 e. The summed E-state index contributed by atoms with van der Waals surface area (Å²) in [5.74, 6) is 0.421. The molecule has 1 aromatic carbocycles. The molecule has 1 aliphatic rings. The fraction of sp³-hybridized carbons (Fsp3) is 0.400. The van der Waals surface area contributed by atoms with Crippen LogP contribution < -0.4 is 0 Å². The smallest absolute Gasteiger partial charge is 0.276 e. The van der Waals surface area contributed by atoms with Gasteiger partial charge in [-0.2, -0.15) is 5.10 Å². The van der Waals surface area contributed by atoms with Gasteiger partial charge in [0.1, 0.15) is 0 Å². The summed E-state index contributed by atoms with van der Waals surface area (Å²) in [6, 6.07) is 7.43. The molecule has 7 nitrogen and oxygen atoms in total. The van der Waals surface area contributed by atoms with Gasteiger partial charge >= 0.3 is 0 Å². The molecule has 2 aromatic heterocycles. The molecule has 1 amide bonds. The number of carbonyl (C=O) groups is 1. The van der Waals surface area contributed by atoms with E-state index in [1.165, 1.54) is 5.56 Å². The molecule has 0 N–H and O–H groups in total. The Kier molecular flexibility index (Phi) is 5.17. The second-order valence-electron chi connectivity index (χ2n) is 7.33. The zero-order chi connectivity index (χ0) is 19.7. The molecule has 28 heavy (non-hydrogen) atoms. The number of halogens is 1. The summed E-state index contributed by atoms with van der Waals surface area (Å²) in [6.07, 6.45) is 6.49. The van der Waals surface area contributed by atoms with E-state index < -0.39 is 0 Å². The van der Waals surface area contributed by atoms with Crippen molar-refractivity contribution in [3.05, 3.63) is 58.6 Å². The van der Waals surface area contributed by atoms with Crippen LogP contribution in [0.15, 0.2) is 36.7 Å². The van der Waals surface area contributed by atoms with E-state index in [1.807, 2.05) is 53.3 Å². The first-order valence-electron chi connectivity index (χ1n) is 9.52. The molecule has 3 aromatic rings. The van der Waals surface area contributed by atoms with Crippen LogP contribution in [0.5, 0.6) is 0 Å². The van der Waals surface area contributed by atoms with Gasteiger partial charge in [-0.15, -0.1) is 5.10 Å². The number of aromatic nitrogens is 5. The number of amides is 1. The van der Waals surface area contributed by atoms with E-state index in [-0.39, 0.29) is 5.91 Å². The summed E-state index contributed by atoms with van der Waals surface area (Å²) in [6.45, 7) is 3.56. The number of hydrogen-bond acceptors (Lipinski definition) is 4. The van der Waals surface area contributed by atoms with Gasteiger partial charge in [0, 0.05) is 31.4 Å². The Morgan fingerprint density at radius 3 is 2.82 bits per heavy atom. The first-order valence-corrected chi connectivity index (χ1v) is 9.90. The summed E-state index contributed by atoms with van der Waals surface area (Å²) in [5.41, 5.74) is 3.31. The molecule has 1 aliphatic heterocycles. The predicted octanol–water partition coefficient (Wildman–Crippen LogP) is 2.92. The van der Waals surface area contributed by atoms with Gasteiger partial charge in [0.05, 0.1) is 17.6 Å². The predicted molar refractivity (Wildman–Crippen MR) is 107 cm³/mol. The molecule has 8 heteroatoms. The normalized spacial score (nSPS) is 14.3. The van der Waals surface area contributed by atoms with Crippen molar-refractivity contribution in [3.63, 3.8) is 0 Å². The molecule has 0 radical (unpaired) electrons. The van der Waals surface area contributed by atoms with E-state index in [9.17, 15) is 4.79 Å². The van der Waals surface area contributed by atoms with Crippen LogP contribution in [0.4, 0.5) is 0 Å². The summed E-state index contributed by atoms with van der Waals surface area (Å²) < 4.78 is 3.54. The van der Waals surface area contributed by atoms with Gasteiger partial charge in [-0.1, -0.05) is 36.2 Å². The van der Waals surface area contributed by atoms with Crippen LogP contribution in [0.1, 0.15) is 35.1 Å². The van der Waals surface area contributed by atoms with Crippen molar-refractivity contribution in [2.24, 2.45) is 13.0 Å². The summed E-state index contributed by atoms with van der Waals surface area (Å²) in [5, 5.41) is 13.3. The van der Waals surface area contributed by atoms with Gasteiger partial charge in [0.25, 0.3) is 5.91 Å². The molecule has 4 rings (SSSR count). The van der Waals surface area contributed by atoms with Crippen LogP contribution in [0, 0.1) is 5.92 Å². The molecule has 0 saturated carbocycles. The van der Waals surface area contributed by atoms with E-state index in [0.29, 0.717) is 16.6 Å². The highest BCUT2D eigenvalue weighted by atomic mass is 35.5. The third kappa shape index (κ3) is 3.67. The minimum atomic E-state index is -0.0424. The first kappa shape index (κ1) is 18.7. The molecule has 0 atom stereocenters. The average Bonchev–Trinajstić information content (AvgIpc) is 3.24. The largest absolute Gasteiger partial charge is 0.336 e. The lowest BCUT2D eigenvalue weighted by Gasteiger charge is -2.38. The summed E-state index contributed by atoms with van der Waals surface area (Å²) >= 11 is 6.12. The number of rotatable bonds is 6. The van der Waals surface area contributed by atoms with Crippen LogP contribution in [-0.2, 0) is 19.9 Å². The van der Waals surface area contributed by atoms with Crippen molar-refractivity contribution < 1.29 is 4.79 Å². The monoisotopic (exact) mass is 398 g/mol. The third-order valence-electron chi connectivity index (χ3n) is 5.03. The minimum absolute atomic E-state index is 0.0424. The number of hydrogen-bond donors (Lipinski definition) is 0. The Morgan fingerprint density at radius 2 is 2.14 bits per heavy atom. The number of likely N-dealkylation sites (tertiary alicyclic amines) is 1. The second-order valence-corrected chi connectivity index (χ2v) is 7.77. The zero-order valence-electron chi connectivity index (χ0n) is 16.0. The molecular weight excluding hydrogens is 376 g/mol. The van der Waals surface area contributed by atoms with Crippen LogP contribution in [-0.4, -0.2) is 48.7 Å². The Morgan fingerprint density at radius 1 is 1.32 bits per heavy atom. The quantitative estimate of drug-likeness (QED) is 0.640. The van der Waals surface area contributed by atoms with Gasteiger partial charge in [0.2, 0.25) is 0 Å². The maximum Gasteiger partial charge on any atom is 0.276 e. The Bertz CT molecular complexity index is 988. The van der Waals surface area contributed by atoms with Crippen LogP contribution in [0.25, 0.3) is 5.69 Å². The molecule has 1 fully saturated rings. The highest BCUT2D eigenvalue weighted by Crippen LogP contribution is 2.24. The number of aryl methyl sites for hydroxylation is 1. The molecule has 0 unspecified atom stereocenters. The standard InChI is InChI=1S/C20H23ClN6O/c1-3-5-18-19(23-24-27(18)17-7-4-6-16(21)9-17)20(28)26-12-15(13-26)8-14-10-22-25(2)11-14/h4,6-7,9-11,15H,3,5,8,12-13H2,1-2H3. The van der Waals surface area contributed by atoms with E-state index >= 15 is 0 Å². The van der Waals surface area contributed by atoms with Crippen LogP contribution in [0.2, 0.25) is 5.02 Å². The van der Waals surface area contributed by atoms with Crippen molar-refractivity contribution >= 4 is 17.5 Å². The number of carbonyl (C=O) groups excluding carboxylic acids is 1. The first-order chi connectivity index (χ1) is 13.5. The molecule has 0 spiro atoms. The third-order valence-corrected chi connectivity index (χ3v) is 5.27. The molecular formula is C20H23ClN6O. The SMILES string of the molecule is CCCc1c(C(=O)N2CC(Cc3cnn(C)c3)C2)nnn1-c1cccc(Cl)c1. The van der Waals surface area contributed by atoms with Crippen molar-refractivity contribution in [2.75, 3.05) is 13.1 Å². The molecule has 3 heterocycles. The van der Waals surface area contributed by atoms with Crippen LogP contribution >= 0.6 is 11.6 Å². The van der Waals surface area contributed by atoms with E-state index in [1.54, 1.807) is 4.68 Å². The maximum atomic E-state index is 13.0. The van der Waals surface area contributed by atoms with E-state index in [4.69, 9.17) is 11.6 Å². The van der Waals surface area contributed by atoms with Crippen LogP contribution in [0.3, 0.4) is 0 Å². The molecule has 0 bridgehead atoms. The molecule has 0 aliphatic carbocycles. The fourth-order valence-electron chi connectivity index (χ4n) is 3.67. The molecule has 146 valence electrons. The topological polar surface area (TPSA) is 68.8 Å². The van der Waals surface area contributed by atoms with Crippen molar-refractivity contribution in [3.8, 4) is 5.69 Å². The number of nitrogens with zero attached hydrogens (tertiary/aromatic N) is 6. The lowest BCUT2D eigenvalue weighted by atomic mass is 9.93. The Balaban J connectivity index is 1.49. The fourth-order valence-corrected chi connectivity index (χ4v) is 3.85. The van der Waals surface area contributed by atoms with Gasteiger partial charge in [0.15, 0.2) is 5.69 Å². The van der Waals surface area contributed by atoms with Gasteiger partial charge < -0.3 is 4.90 Å². The van der Waals surface area contributed by atoms with Crippen molar-refractivity contribution in [1.82, 2.24) is 29.7 Å². The van der Waals surface area contributed by atoms with Crippen molar-refractivity contribution in [1.29, 1.82) is 0 Å². The highest BCUT2D eigenvalue weighted by molar-refractivity contribution is 6.30. The van der Waals surface area contributed by atoms with E-state index in [2.05, 4.69) is 22.3 Å². The Labute approximate surface area is 168 Å². The van der Waals surface area contributed by atoms with Crippen molar-refractivity contribution in [2.45, 2.75) is 26.2 Å². The highest BCUT2D eigenvalue weighted by Gasteiger charge is 2.34.